The smallest absolute Gasteiger partial charge is 0.434 e. The molecule has 0 aliphatic heterocycles. The van der Waals surface area contributed by atoms with Gasteiger partial charge in [0, 0.05) is 11.8 Å². The van der Waals surface area contributed by atoms with Gasteiger partial charge in [-0.05, 0) is 12.1 Å². The summed E-state index contributed by atoms with van der Waals surface area (Å²) < 4.78 is 55.8. The van der Waals surface area contributed by atoms with Crippen molar-refractivity contribution in [3.05, 3.63) is 41.7 Å². The highest BCUT2D eigenvalue weighted by molar-refractivity contribution is 5.89. The molecule has 1 aromatic heterocycles. The van der Waals surface area contributed by atoms with Crippen LogP contribution in [0.1, 0.15) is 16.1 Å². The lowest BCUT2D eigenvalue weighted by Gasteiger charge is -2.04. The lowest BCUT2D eigenvalue weighted by Crippen LogP contribution is -2.05. The van der Waals surface area contributed by atoms with Crippen LogP contribution >= 0.6 is 0 Å². The number of rotatable bonds is 3. The SMILES string of the molecule is COC(=O)c1ccc(-c2nc(C(F)(F)F)cn2CF)cc1. The molecule has 0 unspecified atom stereocenters. The molecule has 0 aliphatic rings. The normalized spacial score (nSPS) is 11.5. The molecule has 1 aromatic carbocycles. The van der Waals surface area contributed by atoms with E-state index in [0.29, 0.717) is 6.20 Å². The molecule has 8 heteroatoms. The van der Waals surface area contributed by atoms with Crippen molar-refractivity contribution in [2.45, 2.75) is 13.0 Å². The van der Waals surface area contributed by atoms with Crippen molar-refractivity contribution in [3.8, 4) is 11.4 Å². The van der Waals surface area contributed by atoms with Crippen molar-refractivity contribution >= 4 is 5.97 Å². The second kappa shape index (κ2) is 5.55. The molecule has 0 spiro atoms. The number of imidazole rings is 1. The van der Waals surface area contributed by atoms with Crippen molar-refractivity contribution in [3.63, 3.8) is 0 Å². The molecule has 0 radical (unpaired) electrons. The number of carbonyl (C=O) groups excluding carboxylic acids is 1. The lowest BCUT2D eigenvalue weighted by atomic mass is 10.1. The zero-order valence-corrected chi connectivity index (χ0v) is 10.8. The van der Waals surface area contributed by atoms with E-state index in [0.717, 1.165) is 4.57 Å². The molecule has 0 amide bonds. The number of carbonyl (C=O) groups is 1. The van der Waals surface area contributed by atoms with Gasteiger partial charge in [0.15, 0.2) is 12.5 Å². The predicted octanol–water partition coefficient (Wildman–Crippen LogP) is 3.28. The van der Waals surface area contributed by atoms with Crippen LogP contribution in [0.3, 0.4) is 0 Å². The third kappa shape index (κ3) is 3.04. The molecule has 0 atom stereocenters. The van der Waals surface area contributed by atoms with Crippen molar-refractivity contribution in [2.24, 2.45) is 0 Å². The number of hydrogen-bond acceptors (Lipinski definition) is 3. The Labute approximate surface area is 117 Å². The average Bonchev–Trinajstić information content (AvgIpc) is 2.91. The predicted molar refractivity (Wildman–Crippen MR) is 65.1 cm³/mol. The van der Waals surface area contributed by atoms with E-state index >= 15 is 0 Å². The largest absolute Gasteiger partial charge is 0.465 e. The highest BCUT2D eigenvalue weighted by atomic mass is 19.4. The number of nitrogens with zero attached hydrogens (tertiary/aromatic N) is 2. The van der Waals surface area contributed by atoms with Crippen LogP contribution in [0, 0.1) is 0 Å². The molecule has 0 saturated heterocycles. The van der Waals surface area contributed by atoms with E-state index in [2.05, 4.69) is 9.72 Å². The number of halogens is 4. The van der Waals surface area contributed by atoms with Crippen LogP contribution in [0.15, 0.2) is 30.5 Å². The van der Waals surface area contributed by atoms with Crippen molar-refractivity contribution in [1.29, 1.82) is 0 Å². The molecule has 2 aromatic rings. The maximum atomic E-state index is 12.8. The van der Waals surface area contributed by atoms with E-state index in [1.165, 1.54) is 31.4 Å². The van der Waals surface area contributed by atoms with Crippen LogP contribution in [0.25, 0.3) is 11.4 Å². The van der Waals surface area contributed by atoms with Gasteiger partial charge in [-0.1, -0.05) is 12.1 Å². The quantitative estimate of drug-likeness (QED) is 0.645. The Morgan fingerprint density at radius 3 is 2.38 bits per heavy atom. The van der Waals surface area contributed by atoms with Gasteiger partial charge in [0.25, 0.3) is 0 Å². The van der Waals surface area contributed by atoms with Gasteiger partial charge in [-0.3, -0.25) is 0 Å². The van der Waals surface area contributed by atoms with E-state index in [1.807, 2.05) is 0 Å². The Bertz CT molecular complexity index is 647. The molecule has 4 nitrogen and oxygen atoms in total. The first-order valence-corrected chi connectivity index (χ1v) is 5.76. The number of ether oxygens (including phenoxy) is 1. The van der Waals surface area contributed by atoms with Gasteiger partial charge in [0.05, 0.1) is 12.7 Å². The van der Waals surface area contributed by atoms with Crippen LogP contribution in [0.2, 0.25) is 0 Å². The topological polar surface area (TPSA) is 44.1 Å². The first kappa shape index (κ1) is 15.0. The van der Waals surface area contributed by atoms with Crippen molar-refractivity contribution in [2.75, 3.05) is 7.11 Å². The van der Waals surface area contributed by atoms with Gasteiger partial charge in [-0.15, -0.1) is 0 Å². The average molecular weight is 302 g/mol. The first-order valence-electron chi connectivity index (χ1n) is 5.76. The van der Waals surface area contributed by atoms with Crippen LogP contribution in [-0.2, 0) is 17.7 Å². The van der Waals surface area contributed by atoms with Gasteiger partial charge in [-0.2, -0.15) is 13.2 Å². The second-order valence-corrected chi connectivity index (χ2v) is 4.11. The standard InChI is InChI=1S/C13H10F4N2O2/c1-21-12(20)9-4-2-8(3-5-9)11-18-10(13(15,16)17)6-19(11)7-14/h2-6H,7H2,1H3. The number of hydrogen-bond donors (Lipinski definition) is 0. The summed E-state index contributed by atoms with van der Waals surface area (Å²) in [6.45, 7) is -1.14. The van der Waals surface area contributed by atoms with Gasteiger partial charge in [0.2, 0.25) is 0 Å². The third-order valence-corrected chi connectivity index (χ3v) is 2.76. The summed E-state index contributed by atoms with van der Waals surface area (Å²) in [4.78, 5) is 14.7. The van der Waals surface area contributed by atoms with Crippen molar-refractivity contribution < 1.29 is 27.1 Å². The zero-order chi connectivity index (χ0) is 15.6. The maximum Gasteiger partial charge on any atom is 0.434 e. The molecular formula is C13H10F4N2O2. The summed E-state index contributed by atoms with van der Waals surface area (Å²) in [5.41, 5.74) is -0.682. The monoisotopic (exact) mass is 302 g/mol. The minimum absolute atomic E-state index is 0.166. The fourth-order valence-electron chi connectivity index (χ4n) is 1.75. The van der Waals surface area contributed by atoms with Crippen LogP contribution in [-0.4, -0.2) is 22.6 Å². The van der Waals surface area contributed by atoms with E-state index < -0.39 is 24.6 Å². The summed E-state index contributed by atoms with van der Waals surface area (Å²) in [6.07, 6.45) is -4.05. The van der Waals surface area contributed by atoms with Gasteiger partial charge in [-0.25, -0.2) is 14.2 Å². The van der Waals surface area contributed by atoms with Crippen LogP contribution in [0.4, 0.5) is 17.6 Å². The fourth-order valence-corrected chi connectivity index (χ4v) is 1.75. The lowest BCUT2D eigenvalue weighted by molar-refractivity contribution is -0.140. The number of alkyl halides is 4. The van der Waals surface area contributed by atoms with E-state index in [1.54, 1.807) is 0 Å². The van der Waals surface area contributed by atoms with Gasteiger partial charge < -0.3 is 9.30 Å². The highest BCUT2D eigenvalue weighted by Crippen LogP contribution is 2.31. The number of esters is 1. The molecule has 0 bridgehead atoms. The highest BCUT2D eigenvalue weighted by Gasteiger charge is 2.35. The van der Waals surface area contributed by atoms with E-state index in [-0.39, 0.29) is 17.0 Å². The molecule has 0 saturated carbocycles. The number of benzene rings is 1. The molecule has 21 heavy (non-hydrogen) atoms. The first-order chi connectivity index (χ1) is 9.86. The zero-order valence-electron chi connectivity index (χ0n) is 10.8. The maximum absolute atomic E-state index is 12.8. The van der Waals surface area contributed by atoms with Gasteiger partial charge >= 0.3 is 12.1 Å². The van der Waals surface area contributed by atoms with E-state index in [4.69, 9.17) is 0 Å². The van der Waals surface area contributed by atoms with Crippen LogP contribution < -0.4 is 0 Å². The fraction of sp³-hybridized carbons (Fsp3) is 0.231. The number of aromatic nitrogens is 2. The van der Waals surface area contributed by atoms with Crippen molar-refractivity contribution in [1.82, 2.24) is 9.55 Å². The Hall–Kier alpha value is -2.38. The Morgan fingerprint density at radius 2 is 1.90 bits per heavy atom. The third-order valence-electron chi connectivity index (χ3n) is 2.76. The Morgan fingerprint density at radius 1 is 1.29 bits per heavy atom. The molecule has 1 heterocycles. The number of methoxy groups -OCH3 is 1. The van der Waals surface area contributed by atoms with E-state index in [9.17, 15) is 22.4 Å². The summed E-state index contributed by atoms with van der Waals surface area (Å²) in [6, 6.07) is 5.49. The van der Waals surface area contributed by atoms with Crippen LogP contribution in [0.5, 0.6) is 0 Å². The van der Waals surface area contributed by atoms with Gasteiger partial charge in [0.1, 0.15) is 5.82 Å². The molecule has 112 valence electrons. The Kier molecular flexibility index (Phi) is 3.97. The Balaban J connectivity index is 2.42. The minimum Gasteiger partial charge on any atom is -0.465 e. The molecule has 2 rings (SSSR count). The minimum atomic E-state index is -4.65. The molecule has 0 N–H and O–H groups in total. The molecular weight excluding hydrogens is 292 g/mol. The summed E-state index contributed by atoms with van der Waals surface area (Å²) in [7, 11) is 1.21. The molecule has 0 fully saturated rings. The molecule has 0 aliphatic carbocycles. The summed E-state index contributed by atoms with van der Waals surface area (Å²) >= 11 is 0. The second-order valence-electron chi connectivity index (χ2n) is 4.11. The summed E-state index contributed by atoms with van der Waals surface area (Å²) in [5, 5.41) is 0. The summed E-state index contributed by atoms with van der Waals surface area (Å²) in [5.74, 6) is -0.743.